The second-order valence-corrected chi connectivity index (χ2v) is 11.5. The van der Waals surface area contributed by atoms with Crippen molar-refractivity contribution < 1.29 is 4.92 Å². The third-order valence-electron chi connectivity index (χ3n) is 7.00. The lowest BCUT2D eigenvalue weighted by atomic mass is 10.0. The van der Waals surface area contributed by atoms with E-state index in [1.54, 1.807) is 30.1 Å². The molecule has 2 atom stereocenters. The van der Waals surface area contributed by atoms with E-state index >= 15 is 0 Å². The van der Waals surface area contributed by atoms with E-state index < -0.39 is 4.92 Å². The number of pyridine rings is 1. The van der Waals surface area contributed by atoms with Gasteiger partial charge in [-0.1, -0.05) is 29.4 Å². The van der Waals surface area contributed by atoms with Crippen LogP contribution in [0.3, 0.4) is 0 Å². The largest absolute Gasteiger partial charge is 0.351 e. The van der Waals surface area contributed by atoms with E-state index in [1.165, 1.54) is 12.1 Å². The molecule has 5 aromatic rings. The van der Waals surface area contributed by atoms with Crippen LogP contribution in [-0.2, 0) is 0 Å². The molecule has 0 unspecified atom stereocenters. The number of nitro benzene ring substituents is 1. The van der Waals surface area contributed by atoms with Gasteiger partial charge in [-0.05, 0) is 104 Å². The van der Waals surface area contributed by atoms with Crippen molar-refractivity contribution >= 4 is 52.1 Å². The third kappa shape index (κ3) is 5.44. The normalized spacial score (nSPS) is 16.5. The predicted molar refractivity (Wildman–Crippen MR) is 167 cm³/mol. The highest BCUT2D eigenvalue weighted by atomic mass is 35.5. The summed E-state index contributed by atoms with van der Waals surface area (Å²) in [6, 6.07) is 30.5. The number of nitro groups is 1. The molecule has 0 saturated carbocycles. The predicted octanol–water partition coefficient (Wildman–Crippen LogP) is 8.07. The molecule has 204 valence electrons. The standard InChI is InChI=1S/C31H24ClN5O2S2/c1-20-19-23(11-16-26(20)32)35-18-4-6-28(35)30-29(27-5-2-3-17-33-27)34-31(40)36(30)21-7-12-24(13-8-21)41-25-14-9-22(10-15-25)37(38)39/h2-19,29-30H,1H3,(H,34,40)/t29-,30-/m1/s1. The Balaban J connectivity index is 1.36. The molecule has 1 aliphatic rings. The molecule has 1 saturated heterocycles. The molecule has 2 aromatic heterocycles. The van der Waals surface area contributed by atoms with Gasteiger partial charge >= 0.3 is 0 Å². The van der Waals surface area contributed by atoms with Crippen LogP contribution in [0.5, 0.6) is 0 Å². The Morgan fingerprint density at radius 3 is 2.32 bits per heavy atom. The zero-order chi connectivity index (χ0) is 28.5. The molecule has 1 fully saturated rings. The maximum Gasteiger partial charge on any atom is 0.269 e. The SMILES string of the molecule is Cc1cc(-n2cccc2[C@@H]2[C@@H](c3ccccn3)NC(=S)N2c2ccc(Sc3ccc([N+](=O)[O-])cc3)cc2)ccc1Cl. The van der Waals surface area contributed by atoms with Gasteiger partial charge in [0.25, 0.3) is 5.69 Å². The summed E-state index contributed by atoms with van der Waals surface area (Å²) in [5.74, 6) is 0. The molecule has 0 radical (unpaired) electrons. The van der Waals surface area contributed by atoms with Gasteiger partial charge < -0.3 is 14.8 Å². The lowest BCUT2D eigenvalue weighted by molar-refractivity contribution is -0.384. The number of rotatable bonds is 7. The molecule has 6 rings (SSSR count). The number of aryl methyl sites for hydroxylation is 1. The number of halogens is 1. The molecule has 0 aliphatic carbocycles. The van der Waals surface area contributed by atoms with Crippen molar-refractivity contribution in [3.8, 4) is 5.69 Å². The quantitative estimate of drug-likeness (QED) is 0.115. The number of benzene rings is 3. The first-order chi connectivity index (χ1) is 19.9. The van der Waals surface area contributed by atoms with E-state index in [4.69, 9.17) is 23.8 Å². The van der Waals surface area contributed by atoms with Crippen molar-refractivity contribution in [1.29, 1.82) is 0 Å². The first-order valence-corrected chi connectivity index (χ1v) is 14.5. The minimum absolute atomic E-state index is 0.0757. The first kappa shape index (κ1) is 27.0. The lowest BCUT2D eigenvalue weighted by Gasteiger charge is -2.29. The Bertz CT molecular complexity index is 1730. The zero-order valence-electron chi connectivity index (χ0n) is 21.8. The van der Waals surface area contributed by atoms with Crippen LogP contribution in [0, 0.1) is 17.0 Å². The number of nitrogens with zero attached hydrogens (tertiary/aromatic N) is 4. The van der Waals surface area contributed by atoms with E-state index in [0.29, 0.717) is 5.11 Å². The van der Waals surface area contributed by atoms with Crippen molar-refractivity contribution in [2.24, 2.45) is 0 Å². The Morgan fingerprint density at radius 2 is 1.66 bits per heavy atom. The summed E-state index contributed by atoms with van der Waals surface area (Å²) in [5.41, 5.74) is 4.99. The number of thiocarbonyl (C=S) groups is 1. The average Bonchev–Trinajstić information content (AvgIpc) is 3.60. The van der Waals surface area contributed by atoms with Gasteiger partial charge in [-0.15, -0.1) is 0 Å². The highest BCUT2D eigenvalue weighted by Gasteiger charge is 2.42. The summed E-state index contributed by atoms with van der Waals surface area (Å²) in [7, 11) is 0. The van der Waals surface area contributed by atoms with Crippen LogP contribution in [0.1, 0.15) is 29.0 Å². The fraction of sp³-hybridized carbons (Fsp3) is 0.0968. The summed E-state index contributed by atoms with van der Waals surface area (Å²) in [4.78, 5) is 19.3. The maximum atomic E-state index is 11.0. The molecule has 41 heavy (non-hydrogen) atoms. The summed E-state index contributed by atoms with van der Waals surface area (Å²) in [5, 5.41) is 15.8. The molecular formula is C31H24ClN5O2S2. The van der Waals surface area contributed by atoms with Crippen molar-refractivity contribution in [3.63, 3.8) is 0 Å². The van der Waals surface area contributed by atoms with Gasteiger partial charge in [0, 0.05) is 56.4 Å². The minimum atomic E-state index is -0.393. The fourth-order valence-electron chi connectivity index (χ4n) is 5.03. The van der Waals surface area contributed by atoms with E-state index in [-0.39, 0.29) is 17.8 Å². The summed E-state index contributed by atoms with van der Waals surface area (Å²) < 4.78 is 2.17. The highest BCUT2D eigenvalue weighted by Crippen LogP contribution is 2.43. The Labute approximate surface area is 252 Å². The number of hydrogen-bond donors (Lipinski definition) is 1. The van der Waals surface area contributed by atoms with Gasteiger partial charge in [-0.2, -0.15) is 0 Å². The number of nitrogens with one attached hydrogen (secondary N) is 1. The Morgan fingerprint density at radius 1 is 0.951 bits per heavy atom. The van der Waals surface area contributed by atoms with Crippen LogP contribution in [0.15, 0.2) is 119 Å². The summed E-state index contributed by atoms with van der Waals surface area (Å²) in [6.45, 7) is 2.00. The van der Waals surface area contributed by atoms with E-state index in [9.17, 15) is 10.1 Å². The third-order valence-corrected chi connectivity index (χ3v) is 8.75. The van der Waals surface area contributed by atoms with Gasteiger partial charge in [-0.3, -0.25) is 15.1 Å². The summed E-state index contributed by atoms with van der Waals surface area (Å²) in [6.07, 6.45) is 3.85. The number of non-ortho nitro benzene ring substituents is 1. The zero-order valence-corrected chi connectivity index (χ0v) is 24.2. The maximum absolute atomic E-state index is 11.0. The average molecular weight is 598 g/mol. The topological polar surface area (TPSA) is 76.2 Å². The van der Waals surface area contributed by atoms with Crippen LogP contribution < -0.4 is 10.2 Å². The molecule has 1 N–H and O–H groups in total. The Hall–Kier alpha value is -4.18. The van der Waals surface area contributed by atoms with Crippen LogP contribution in [0.4, 0.5) is 11.4 Å². The van der Waals surface area contributed by atoms with Gasteiger partial charge in [-0.25, -0.2) is 0 Å². The van der Waals surface area contributed by atoms with Gasteiger partial charge in [0.2, 0.25) is 0 Å². The highest BCUT2D eigenvalue weighted by molar-refractivity contribution is 7.99. The second kappa shape index (κ2) is 11.4. The van der Waals surface area contributed by atoms with Crippen molar-refractivity contribution in [3.05, 3.63) is 142 Å². The second-order valence-electron chi connectivity index (χ2n) is 9.58. The molecule has 0 amide bonds. The molecule has 3 aromatic carbocycles. The van der Waals surface area contributed by atoms with Crippen molar-refractivity contribution in [2.75, 3.05) is 4.90 Å². The van der Waals surface area contributed by atoms with Gasteiger partial charge in [0.1, 0.15) is 6.04 Å². The molecule has 1 aliphatic heterocycles. The lowest BCUT2D eigenvalue weighted by Crippen LogP contribution is -2.30. The van der Waals surface area contributed by atoms with Crippen LogP contribution in [0.25, 0.3) is 5.69 Å². The van der Waals surface area contributed by atoms with Crippen LogP contribution in [-0.4, -0.2) is 19.6 Å². The molecule has 10 heteroatoms. The van der Waals surface area contributed by atoms with Crippen molar-refractivity contribution in [2.45, 2.75) is 28.8 Å². The van der Waals surface area contributed by atoms with Gasteiger partial charge in [0.05, 0.1) is 16.7 Å². The number of anilines is 1. The summed E-state index contributed by atoms with van der Waals surface area (Å²) >= 11 is 13.8. The first-order valence-electron chi connectivity index (χ1n) is 12.9. The molecule has 7 nitrogen and oxygen atoms in total. The monoisotopic (exact) mass is 597 g/mol. The van der Waals surface area contributed by atoms with Crippen molar-refractivity contribution in [1.82, 2.24) is 14.9 Å². The molecular weight excluding hydrogens is 574 g/mol. The van der Waals surface area contributed by atoms with Crippen LogP contribution in [0.2, 0.25) is 5.02 Å². The van der Waals surface area contributed by atoms with E-state index in [2.05, 4.69) is 50.2 Å². The van der Waals surface area contributed by atoms with Crippen LogP contribution >= 0.6 is 35.6 Å². The number of aromatic nitrogens is 2. The fourth-order valence-corrected chi connectivity index (χ4v) is 6.31. The minimum Gasteiger partial charge on any atom is -0.351 e. The van der Waals surface area contributed by atoms with Gasteiger partial charge in [0.15, 0.2) is 5.11 Å². The van der Waals surface area contributed by atoms with E-state index in [1.807, 2.05) is 55.5 Å². The molecule has 0 bridgehead atoms. The Kier molecular flexibility index (Phi) is 7.49. The molecule has 3 heterocycles. The smallest absolute Gasteiger partial charge is 0.269 e. The molecule has 0 spiro atoms. The number of hydrogen-bond acceptors (Lipinski definition) is 5. The van der Waals surface area contributed by atoms with E-state index in [0.717, 1.165) is 43.1 Å².